The van der Waals surface area contributed by atoms with Crippen LogP contribution in [0.25, 0.3) is 0 Å². The maximum Gasteiger partial charge on any atom is 0.211 e. The van der Waals surface area contributed by atoms with Gasteiger partial charge in [0.05, 0.1) is 7.63 Å². The van der Waals surface area contributed by atoms with E-state index in [2.05, 4.69) is 0 Å². The number of sulfonamides is 1. The third kappa shape index (κ3) is 1.81. The Balaban J connectivity index is 2.32. The fourth-order valence-electron chi connectivity index (χ4n) is 1.68. The van der Waals surface area contributed by atoms with E-state index in [0.717, 1.165) is 11.1 Å². The molecule has 1 aromatic carbocycles. The van der Waals surface area contributed by atoms with E-state index in [0.29, 0.717) is 25.6 Å². The molecule has 1 aromatic rings. The Morgan fingerprint density at radius 1 is 1.43 bits per heavy atom. The Labute approximate surface area is 85.8 Å². The Morgan fingerprint density at radius 2 is 2.21 bits per heavy atom. The summed E-state index contributed by atoms with van der Waals surface area (Å²) in [5, 5.41) is 0. The Hall–Kier alpha value is -0.870. The number of nitrogens with zero attached hydrogens (tertiary/aromatic N) is 1. The summed E-state index contributed by atoms with van der Waals surface area (Å²) in [7, 11) is -3.09. The first-order valence-electron chi connectivity index (χ1n) is 5.00. The molecule has 0 spiro atoms. The molecule has 0 unspecified atom stereocenters. The van der Waals surface area contributed by atoms with Crippen LogP contribution in [0.15, 0.2) is 24.2 Å². The molecule has 14 heavy (non-hydrogen) atoms. The molecule has 0 amide bonds. The van der Waals surface area contributed by atoms with E-state index >= 15 is 0 Å². The van der Waals surface area contributed by atoms with Crippen LogP contribution in [0.1, 0.15) is 12.5 Å². The Kier molecular flexibility index (Phi) is 2.03. The normalized spacial score (nSPS) is 18.8. The van der Waals surface area contributed by atoms with Crippen molar-refractivity contribution < 1.29 is 9.79 Å². The van der Waals surface area contributed by atoms with E-state index in [1.807, 2.05) is 12.1 Å². The van der Waals surface area contributed by atoms with Crippen molar-refractivity contribution in [3.8, 4) is 0 Å². The molecule has 0 aromatic heterocycles. The van der Waals surface area contributed by atoms with Crippen LogP contribution in [-0.4, -0.2) is 25.5 Å². The van der Waals surface area contributed by atoms with Crippen LogP contribution in [0.5, 0.6) is 0 Å². The van der Waals surface area contributed by atoms with Gasteiger partial charge in [0.1, 0.15) is 0 Å². The second kappa shape index (κ2) is 3.37. The summed E-state index contributed by atoms with van der Waals surface area (Å²) < 4.78 is 31.7. The molecular weight excluding hydrogens is 198 g/mol. The number of hydrogen-bond donors (Lipinski definition) is 0. The molecule has 0 saturated carbocycles. The van der Waals surface area contributed by atoms with Gasteiger partial charge >= 0.3 is 0 Å². The molecule has 0 bridgehead atoms. The molecule has 2 rings (SSSR count). The third-order valence-corrected chi connectivity index (χ3v) is 3.75. The molecule has 0 saturated heterocycles. The van der Waals surface area contributed by atoms with Crippen LogP contribution in [0, 0.1) is 0 Å². The molecule has 0 N–H and O–H groups in total. The molecule has 3 nitrogen and oxygen atoms in total. The summed E-state index contributed by atoms with van der Waals surface area (Å²) in [4.78, 5) is 0. The maximum absolute atomic E-state index is 11.4. The zero-order chi connectivity index (χ0) is 11.1. The minimum Gasteiger partial charge on any atom is -0.212 e. The first-order valence-corrected chi connectivity index (χ1v) is 6.35. The highest BCUT2D eigenvalue weighted by Gasteiger charge is 2.22. The number of hydrogen-bond acceptors (Lipinski definition) is 2. The van der Waals surface area contributed by atoms with Crippen molar-refractivity contribution in [3.63, 3.8) is 0 Å². The van der Waals surface area contributed by atoms with Crippen LogP contribution in [-0.2, 0) is 23.0 Å². The molecule has 4 heteroatoms. The predicted molar refractivity (Wildman–Crippen MR) is 55.4 cm³/mol. The molecule has 76 valence electrons. The molecule has 0 fully saturated rings. The molecule has 1 aliphatic rings. The summed E-state index contributed by atoms with van der Waals surface area (Å²) in [5.74, 6) is 0. The van der Waals surface area contributed by atoms with Gasteiger partial charge in [0, 0.05) is 13.1 Å². The third-order valence-electron chi connectivity index (χ3n) is 2.50. The van der Waals surface area contributed by atoms with E-state index in [9.17, 15) is 8.42 Å². The van der Waals surface area contributed by atoms with E-state index in [1.165, 1.54) is 10.6 Å². The number of fused-ring (bicyclic) bond motifs is 1. The molecule has 0 radical (unpaired) electrons. The maximum atomic E-state index is 11.4. The van der Waals surface area contributed by atoms with Crippen LogP contribution < -0.4 is 0 Å². The highest BCUT2D eigenvalue weighted by molar-refractivity contribution is 7.88. The Morgan fingerprint density at radius 3 is 2.93 bits per heavy atom. The highest BCUT2D eigenvalue weighted by atomic mass is 32.2. The van der Waals surface area contributed by atoms with Gasteiger partial charge in [0.2, 0.25) is 10.0 Å². The van der Waals surface area contributed by atoms with E-state index in [4.69, 9.17) is 1.37 Å². The van der Waals surface area contributed by atoms with Gasteiger partial charge < -0.3 is 0 Å². The average Bonchev–Trinajstić information content (AvgIpc) is 2.15. The van der Waals surface area contributed by atoms with Crippen molar-refractivity contribution in [2.45, 2.75) is 13.0 Å². The second-order valence-electron chi connectivity index (χ2n) is 3.54. The lowest BCUT2D eigenvalue weighted by Crippen LogP contribution is -2.35. The molecule has 1 aliphatic heterocycles. The smallest absolute Gasteiger partial charge is 0.211 e. The van der Waals surface area contributed by atoms with Gasteiger partial charge in [-0.25, -0.2) is 8.42 Å². The summed E-state index contributed by atoms with van der Waals surface area (Å²) in [6, 6.07) is 5.84. The van der Waals surface area contributed by atoms with E-state index < -0.39 is 10.0 Å². The van der Waals surface area contributed by atoms with Gasteiger partial charge in [0.15, 0.2) is 0 Å². The van der Waals surface area contributed by atoms with Crippen LogP contribution in [0.4, 0.5) is 0 Å². The number of rotatable bonds is 1. The molecule has 0 aliphatic carbocycles. The van der Waals surface area contributed by atoms with E-state index in [-0.39, 0.29) is 0 Å². The molecule has 1 heterocycles. The topological polar surface area (TPSA) is 37.4 Å². The molecular formula is C10H13NO2S. The lowest BCUT2D eigenvalue weighted by Gasteiger charge is -2.26. The van der Waals surface area contributed by atoms with Crippen molar-refractivity contribution >= 4 is 10.0 Å². The van der Waals surface area contributed by atoms with Gasteiger partial charge in [-0.15, -0.1) is 0 Å². The van der Waals surface area contributed by atoms with Crippen LogP contribution >= 0.6 is 0 Å². The van der Waals surface area contributed by atoms with Gasteiger partial charge in [-0.2, -0.15) is 4.31 Å². The number of benzene rings is 1. The fraction of sp³-hybridized carbons (Fsp3) is 0.400. The minimum atomic E-state index is -3.09. The van der Waals surface area contributed by atoms with Crippen molar-refractivity contribution in [2.75, 3.05) is 12.8 Å². The zero-order valence-electron chi connectivity index (χ0n) is 9.03. The quantitative estimate of drug-likeness (QED) is 0.696. The van der Waals surface area contributed by atoms with Crippen molar-refractivity contribution in [2.24, 2.45) is 0 Å². The fourth-order valence-corrected chi connectivity index (χ4v) is 2.48. The van der Waals surface area contributed by atoms with Gasteiger partial charge in [-0.1, -0.05) is 24.2 Å². The lowest BCUT2D eigenvalue weighted by atomic mass is 10.0. The first kappa shape index (κ1) is 8.44. The SMILES string of the molecule is [2H]c1ccc2c(c1)CCN(S(C)(=O)=O)C2. The van der Waals surface area contributed by atoms with E-state index in [1.54, 1.807) is 6.07 Å². The minimum absolute atomic E-state index is 0.439. The zero-order valence-corrected chi connectivity index (χ0v) is 8.84. The summed E-state index contributed by atoms with van der Waals surface area (Å²) >= 11 is 0. The standard InChI is InChI=1S/C10H13NO2S/c1-14(12,13)11-7-6-9-4-2-3-5-10(9)8-11/h2-5H,6-8H2,1H3/i2D. The van der Waals surface area contributed by atoms with Crippen LogP contribution in [0.3, 0.4) is 0 Å². The highest BCUT2D eigenvalue weighted by Crippen LogP contribution is 2.19. The van der Waals surface area contributed by atoms with Crippen molar-refractivity contribution in [1.29, 1.82) is 0 Å². The van der Waals surface area contributed by atoms with Gasteiger partial charge in [-0.3, -0.25) is 0 Å². The Bertz CT molecular complexity index is 484. The van der Waals surface area contributed by atoms with Gasteiger partial charge in [-0.05, 0) is 17.5 Å². The summed E-state index contributed by atoms with van der Waals surface area (Å²) in [5.41, 5.74) is 2.12. The van der Waals surface area contributed by atoms with Crippen molar-refractivity contribution in [1.82, 2.24) is 4.31 Å². The van der Waals surface area contributed by atoms with Crippen LogP contribution in [0.2, 0.25) is 0 Å². The summed E-state index contributed by atoms with van der Waals surface area (Å²) in [6.07, 6.45) is 1.94. The second-order valence-corrected chi connectivity index (χ2v) is 5.52. The lowest BCUT2D eigenvalue weighted by molar-refractivity contribution is 0.395. The predicted octanol–water partition coefficient (Wildman–Crippen LogP) is 1.00. The summed E-state index contributed by atoms with van der Waals surface area (Å²) in [6.45, 7) is 0.962. The van der Waals surface area contributed by atoms with Gasteiger partial charge in [0.25, 0.3) is 0 Å². The average molecular weight is 212 g/mol. The largest absolute Gasteiger partial charge is 0.212 e. The molecule has 0 atom stereocenters. The monoisotopic (exact) mass is 212 g/mol. The first-order chi connectivity index (χ1) is 6.97. The van der Waals surface area contributed by atoms with Crippen molar-refractivity contribution in [3.05, 3.63) is 35.4 Å².